The molecule has 0 aliphatic carbocycles. The Bertz CT molecular complexity index is 1080. The Balaban J connectivity index is 1.77. The highest BCUT2D eigenvalue weighted by Gasteiger charge is 2.26. The molecule has 3 aromatic carbocycles. The number of nitrogens with one attached hydrogen (secondary N) is 2. The van der Waals surface area contributed by atoms with Gasteiger partial charge in [-0.15, -0.1) is 0 Å². The monoisotopic (exact) mass is 422 g/mol. The van der Waals surface area contributed by atoms with Crippen molar-refractivity contribution in [3.8, 4) is 0 Å². The molecule has 0 bridgehead atoms. The van der Waals surface area contributed by atoms with Crippen LogP contribution in [0.4, 0.5) is 0 Å². The third-order valence-corrected chi connectivity index (χ3v) is 6.30. The lowest BCUT2D eigenvalue weighted by Crippen LogP contribution is -2.47. The summed E-state index contributed by atoms with van der Waals surface area (Å²) in [5, 5.41) is 2.86. The number of hydrogen-bond donors (Lipinski definition) is 2. The predicted molar refractivity (Wildman–Crippen MR) is 118 cm³/mol. The van der Waals surface area contributed by atoms with E-state index in [4.69, 9.17) is 0 Å². The van der Waals surface area contributed by atoms with Crippen molar-refractivity contribution in [3.63, 3.8) is 0 Å². The average Bonchev–Trinajstić information content (AvgIpc) is 2.73. The second-order valence-electron chi connectivity index (χ2n) is 7.38. The van der Waals surface area contributed by atoms with Crippen LogP contribution in [0.15, 0.2) is 83.8 Å². The van der Waals surface area contributed by atoms with Crippen LogP contribution in [0.5, 0.6) is 0 Å². The molecule has 1 atom stereocenters. The Labute approximate surface area is 178 Å². The minimum absolute atomic E-state index is 0.137. The highest BCUT2D eigenvalue weighted by atomic mass is 32.2. The van der Waals surface area contributed by atoms with Gasteiger partial charge in [0.1, 0.15) is 6.04 Å². The molecule has 0 saturated carbocycles. The Hall–Kier alpha value is -2.96. The van der Waals surface area contributed by atoms with Crippen molar-refractivity contribution in [2.24, 2.45) is 0 Å². The SMILES string of the molecule is Cc1ccc(CNC(=O)[C@H](Cc2ccccc2)NS(=O)(=O)c2ccc(C)cc2)cc1. The maximum atomic E-state index is 12.9. The quantitative estimate of drug-likeness (QED) is 0.583. The molecule has 0 radical (unpaired) electrons. The number of rotatable bonds is 8. The zero-order valence-electron chi connectivity index (χ0n) is 17.1. The van der Waals surface area contributed by atoms with Gasteiger partial charge in [-0.25, -0.2) is 8.42 Å². The highest BCUT2D eigenvalue weighted by Crippen LogP contribution is 2.13. The van der Waals surface area contributed by atoms with E-state index in [1.54, 1.807) is 24.3 Å². The molecule has 3 aromatic rings. The van der Waals surface area contributed by atoms with Gasteiger partial charge in [-0.2, -0.15) is 4.72 Å². The number of aryl methyl sites for hydroxylation is 2. The first-order valence-electron chi connectivity index (χ1n) is 9.80. The van der Waals surface area contributed by atoms with Crippen molar-refractivity contribution in [2.45, 2.75) is 37.8 Å². The predicted octanol–water partition coefficient (Wildman–Crippen LogP) is 3.51. The molecule has 2 N–H and O–H groups in total. The molecule has 0 saturated heterocycles. The fourth-order valence-corrected chi connectivity index (χ4v) is 4.22. The van der Waals surface area contributed by atoms with E-state index >= 15 is 0 Å². The number of benzene rings is 3. The minimum atomic E-state index is -3.84. The van der Waals surface area contributed by atoms with Gasteiger partial charge in [0, 0.05) is 6.54 Å². The van der Waals surface area contributed by atoms with Gasteiger partial charge in [0.2, 0.25) is 15.9 Å². The van der Waals surface area contributed by atoms with Gasteiger partial charge < -0.3 is 5.32 Å². The summed E-state index contributed by atoms with van der Waals surface area (Å²) >= 11 is 0. The normalized spacial score (nSPS) is 12.3. The Morgan fingerprint density at radius 3 is 1.97 bits per heavy atom. The maximum absolute atomic E-state index is 12.9. The van der Waals surface area contributed by atoms with Crippen LogP contribution >= 0.6 is 0 Å². The lowest BCUT2D eigenvalue weighted by molar-refractivity contribution is -0.122. The zero-order valence-corrected chi connectivity index (χ0v) is 17.9. The minimum Gasteiger partial charge on any atom is -0.351 e. The molecule has 30 heavy (non-hydrogen) atoms. The van der Waals surface area contributed by atoms with Gasteiger partial charge >= 0.3 is 0 Å². The molecular weight excluding hydrogens is 396 g/mol. The van der Waals surface area contributed by atoms with E-state index < -0.39 is 16.1 Å². The van der Waals surface area contributed by atoms with Crippen LogP contribution in [0.2, 0.25) is 0 Å². The summed E-state index contributed by atoms with van der Waals surface area (Å²) in [5.74, 6) is -0.366. The number of hydrogen-bond acceptors (Lipinski definition) is 3. The number of amides is 1. The second kappa shape index (κ2) is 9.69. The van der Waals surface area contributed by atoms with E-state index in [1.165, 1.54) is 0 Å². The highest BCUT2D eigenvalue weighted by molar-refractivity contribution is 7.89. The van der Waals surface area contributed by atoms with E-state index in [1.807, 2.05) is 68.4 Å². The molecule has 0 aliphatic heterocycles. The molecule has 0 aliphatic rings. The van der Waals surface area contributed by atoms with E-state index in [2.05, 4.69) is 10.0 Å². The van der Waals surface area contributed by atoms with Crippen LogP contribution in [-0.2, 0) is 27.8 Å². The summed E-state index contributed by atoms with van der Waals surface area (Å²) in [4.78, 5) is 13.0. The van der Waals surface area contributed by atoms with Crippen molar-refractivity contribution >= 4 is 15.9 Å². The summed E-state index contributed by atoms with van der Waals surface area (Å²) in [6.07, 6.45) is 0.256. The Morgan fingerprint density at radius 2 is 1.37 bits per heavy atom. The molecule has 0 spiro atoms. The molecule has 0 aromatic heterocycles. The Kier molecular flexibility index (Phi) is 7.03. The van der Waals surface area contributed by atoms with Crippen LogP contribution in [0.1, 0.15) is 22.3 Å². The Morgan fingerprint density at radius 1 is 0.800 bits per heavy atom. The van der Waals surface area contributed by atoms with Crippen molar-refractivity contribution in [3.05, 3.63) is 101 Å². The lowest BCUT2D eigenvalue weighted by Gasteiger charge is -2.19. The number of sulfonamides is 1. The second-order valence-corrected chi connectivity index (χ2v) is 9.09. The third-order valence-electron chi connectivity index (χ3n) is 4.82. The van der Waals surface area contributed by atoms with E-state index in [-0.39, 0.29) is 17.2 Å². The molecule has 0 unspecified atom stereocenters. The summed E-state index contributed by atoms with van der Waals surface area (Å²) in [6.45, 7) is 4.22. The first-order chi connectivity index (χ1) is 14.3. The number of carbonyl (C=O) groups excluding carboxylic acids is 1. The first-order valence-corrected chi connectivity index (χ1v) is 11.3. The van der Waals surface area contributed by atoms with Crippen LogP contribution in [0.25, 0.3) is 0 Å². The molecule has 6 heteroatoms. The molecule has 0 fully saturated rings. The fourth-order valence-electron chi connectivity index (χ4n) is 3.03. The third kappa shape index (κ3) is 6.02. The molecular formula is C24H26N2O3S. The van der Waals surface area contributed by atoms with Gasteiger partial charge in [0.25, 0.3) is 0 Å². The topological polar surface area (TPSA) is 75.3 Å². The van der Waals surface area contributed by atoms with Crippen molar-refractivity contribution in [1.29, 1.82) is 0 Å². The van der Waals surface area contributed by atoms with Crippen molar-refractivity contribution in [1.82, 2.24) is 10.0 Å². The fraction of sp³-hybridized carbons (Fsp3) is 0.208. The standard InChI is InChI=1S/C24H26N2O3S/c1-18-8-12-21(13-9-18)17-25-24(27)23(16-20-6-4-3-5-7-20)26-30(28,29)22-14-10-19(2)11-15-22/h3-15,23,26H,16-17H2,1-2H3,(H,25,27)/t23-/m0/s1. The van der Waals surface area contributed by atoms with Crippen LogP contribution in [-0.4, -0.2) is 20.4 Å². The molecule has 5 nitrogen and oxygen atoms in total. The summed E-state index contributed by atoms with van der Waals surface area (Å²) in [7, 11) is -3.84. The van der Waals surface area contributed by atoms with E-state index in [9.17, 15) is 13.2 Å². The zero-order chi connectivity index (χ0) is 21.6. The largest absolute Gasteiger partial charge is 0.351 e. The number of carbonyl (C=O) groups is 1. The van der Waals surface area contributed by atoms with Crippen molar-refractivity contribution in [2.75, 3.05) is 0 Å². The van der Waals surface area contributed by atoms with E-state index in [0.717, 1.165) is 22.3 Å². The van der Waals surface area contributed by atoms with Crippen LogP contribution in [0, 0.1) is 13.8 Å². The maximum Gasteiger partial charge on any atom is 0.241 e. The molecule has 3 rings (SSSR count). The van der Waals surface area contributed by atoms with Gasteiger partial charge in [-0.05, 0) is 43.5 Å². The van der Waals surface area contributed by atoms with Gasteiger partial charge in [0.05, 0.1) is 4.90 Å². The van der Waals surface area contributed by atoms with Gasteiger partial charge in [0.15, 0.2) is 0 Å². The first kappa shape index (κ1) is 21.7. The summed E-state index contributed by atoms with van der Waals surface area (Å²) in [6, 6.07) is 22.8. The van der Waals surface area contributed by atoms with Gasteiger partial charge in [-0.3, -0.25) is 4.79 Å². The van der Waals surface area contributed by atoms with Crippen LogP contribution in [0.3, 0.4) is 0 Å². The molecule has 156 valence electrons. The molecule has 1 amide bonds. The van der Waals surface area contributed by atoms with Crippen molar-refractivity contribution < 1.29 is 13.2 Å². The van der Waals surface area contributed by atoms with Crippen LogP contribution < -0.4 is 10.0 Å². The summed E-state index contributed by atoms with van der Waals surface area (Å²) < 4.78 is 28.3. The van der Waals surface area contributed by atoms with Gasteiger partial charge in [-0.1, -0.05) is 77.9 Å². The lowest BCUT2D eigenvalue weighted by atomic mass is 10.1. The summed E-state index contributed by atoms with van der Waals surface area (Å²) in [5.41, 5.74) is 3.93. The average molecular weight is 423 g/mol. The van der Waals surface area contributed by atoms with E-state index in [0.29, 0.717) is 6.54 Å². The smallest absolute Gasteiger partial charge is 0.241 e. The molecule has 0 heterocycles.